The average Bonchev–Trinajstić information content (AvgIpc) is 2.53. The van der Waals surface area contributed by atoms with Gasteiger partial charge in [0.05, 0.1) is 12.2 Å². The van der Waals surface area contributed by atoms with Crippen LogP contribution >= 0.6 is 0 Å². The average molecular weight is 255 g/mol. The maximum Gasteiger partial charge on any atom is 0.241 e. The summed E-state index contributed by atoms with van der Waals surface area (Å²) in [5, 5.41) is 3.50. The van der Waals surface area contributed by atoms with Crippen LogP contribution in [0.5, 0.6) is 0 Å². The van der Waals surface area contributed by atoms with Crippen molar-refractivity contribution < 1.29 is 4.79 Å². The zero-order valence-corrected chi connectivity index (χ0v) is 12.6. The zero-order valence-electron chi connectivity index (χ0n) is 12.6. The van der Waals surface area contributed by atoms with E-state index in [2.05, 4.69) is 45.1 Å². The van der Waals surface area contributed by atoms with Crippen LogP contribution in [0.25, 0.3) is 0 Å². The summed E-state index contributed by atoms with van der Waals surface area (Å²) in [6, 6.07) is 0.0425. The van der Waals surface area contributed by atoms with E-state index in [9.17, 15) is 4.79 Å². The molecule has 1 N–H and O–H groups in total. The first-order valence-corrected chi connectivity index (χ1v) is 7.17. The van der Waals surface area contributed by atoms with Crippen LogP contribution in [0, 0.1) is 5.92 Å². The highest BCUT2D eigenvalue weighted by Gasteiger charge is 2.37. The molecule has 2 atom stereocenters. The van der Waals surface area contributed by atoms with Crippen molar-refractivity contribution in [3.63, 3.8) is 0 Å². The lowest BCUT2D eigenvalue weighted by atomic mass is 10.1. The second-order valence-electron chi connectivity index (χ2n) is 5.99. The molecule has 106 valence electrons. The summed E-state index contributed by atoms with van der Waals surface area (Å²) in [6.07, 6.45) is 3.28. The van der Waals surface area contributed by atoms with Crippen molar-refractivity contribution >= 4 is 5.91 Å². The van der Waals surface area contributed by atoms with E-state index in [1.807, 2.05) is 4.90 Å². The van der Waals surface area contributed by atoms with Crippen LogP contribution in [0.3, 0.4) is 0 Å². The Labute approximate surface area is 112 Å². The van der Waals surface area contributed by atoms with E-state index in [1.165, 1.54) is 0 Å². The topological polar surface area (TPSA) is 35.6 Å². The Bertz CT molecular complexity index is 266. The minimum atomic E-state index is 0.0425. The minimum Gasteiger partial charge on any atom is -0.325 e. The standard InChI is InChI=1S/C14H29N3O/c1-6-7-12-14(18)17(9-8-16(4)5)13(15-12)10-11(2)3/h11-13,15H,6-10H2,1-5H3. The van der Waals surface area contributed by atoms with Crippen LogP contribution in [0.15, 0.2) is 0 Å². The van der Waals surface area contributed by atoms with Gasteiger partial charge in [0.25, 0.3) is 0 Å². The third-order valence-corrected chi connectivity index (χ3v) is 3.41. The van der Waals surface area contributed by atoms with E-state index in [4.69, 9.17) is 0 Å². The highest BCUT2D eigenvalue weighted by Crippen LogP contribution is 2.19. The number of nitrogens with one attached hydrogen (secondary N) is 1. The van der Waals surface area contributed by atoms with Crippen LogP contribution in [-0.4, -0.2) is 55.1 Å². The largest absolute Gasteiger partial charge is 0.325 e. The molecule has 1 rings (SSSR count). The van der Waals surface area contributed by atoms with Gasteiger partial charge in [0.15, 0.2) is 0 Å². The number of rotatable bonds is 7. The Kier molecular flexibility index (Phi) is 6.09. The molecule has 1 aliphatic heterocycles. The molecule has 0 aromatic rings. The predicted octanol–water partition coefficient (Wildman–Crippen LogP) is 1.52. The van der Waals surface area contributed by atoms with Gasteiger partial charge in [-0.1, -0.05) is 27.2 Å². The second-order valence-corrected chi connectivity index (χ2v) is 5.99. The fraction of sp³-hybridized carbons (Fsp3) is 0.929. The Morgan fingerprint density at radius 3 is 2.56 bits per heavy atom. The van der Waals surface area contributed by atoms with Gasteiger partial charge < -0.3 is 9.80 Å². The molecular formula is C14H29N3O. The second kappa shape index (κ2) is 7.10. The maximum absolute atomic E-state index is 12.3. The zero-order chi connectivity index (χ0) is 13.7. The fourth-order valence-corrected chi connectivity index (χ4v) is 2.46. The summed E-state index contributed by atoms with van der Waals surface area (Å²) in [4.78, 5) is 16.5. The number of carbonyl (C=O) groups excluding carboxylic acids is 1. The molecule has 1 heterocycles. The molecule has 1 aliphatic rings. The molecule has 4 nitrogen and oxygen atoms in total. The van der Waals surface area contributed by atoms with E-state index < -0.39 is 0 Å². The summed E-state index contributed by atoms with van der Waals surface area (Å²) in [5.74, 6) is 0.905. The number of carbonyl (C=O) groups is 1. The summed E-state index contributed by atoms with van der Waals surface area (Å²) in [5.41, 5.74) is 0. The monoisotopic (exact) mass is 255 g/mol. The smallest absolute Gasteiger partial charge is 0.241 e. The van der Waals surface area contributed by atoms with E-state index in [0.717, 1.165) is 32.4 Å². The molecule has 0 bridgehead atoms. The van der Waals surface area contributed by atoms with E-state index in [0.29, 0.717) is 11.8 Å². The van der Waals surface area contributed by atoms with Crippen LogP contribution in [0.4, 0.5) is 0 Å². The molecule has 4 heteroatoms. The lowest BCUT2D eigenvalue weighted by Gasteiger charge is -2.26. The van der Waals surface area contributed by atoms with Gasteiger partial charge in [-0.05, 0) is 32.9 Å². The predicted molar refractivity (Wildman–Crippen MR) is 75.3 cm³/mol. The van der Waals surface area contributed by atoms with Gasteiger partial charge in [0.2, 0.25) is 5.91 Å². The van der Waals surface area contributed by atoms with Crippen molar-refractivity contribution in [1.29, 1.82) is 0 Å². The Balaban J connectivity index is 2.63. The first-order valence-electron chi connectivity index (χ1n) is 7.17. The van der Waals surface area contributed by atoms with Gasteiger partial charge >= 0.3 is 0 Å². The maximum atomic E-state index is 12.3. The van der Waals surface area contributed by atoms with Gasteiger partial charge in [0, 0.05) is 13.1 Å². The van der Waals surface area contributed by atoms with E-state index >= 15 is 0 Å². The highest BCUT2D eigenvalue weighted by atomic mass is 16.2. The molecule has 0 aromatic heterocycles. The quantitative estimate of drug-likeness (QED) is 0.749. The number of amides is 1. The van der Waals surface area contributed by atoms with Crippen molar-refractivity contribution in [3.05, 3.63) is 0 Å². The molecule has 1 amide bonds. The van der Waals surface area contributed by atoms with Gasteiger partial charge in [-0.3, -0.25) is 10.1 Å². The van der Waals surface area contributed by atoms with Crippen LogP contribution < -0.4 is 5.32 Å². The van der Waals surface area contributed by atoms with Gasteiger partial charge in [-0.25, -0.2) is 0 Å². The molecule has 1 saturated heterocycles. The Morgan fingerprint density at radius 1 is 1.39 bits per heavy atom. The van der Waals surface area contributed by atoms with Crippen molar-refractivity contribution in [2.45, 2.75) is 52.2 Å². The summed E-state index contributed by atoms with van der Waals surface area (Å²) < 4.78 is 0. The number of hydrogen-bond donors (Lipinski definition) is 1. The first-order chi connectivity index (χ1) is 8.45. The Hall–Kier alpha value is -0.610. The van der Waals surface area contributed by atoms with Crippen molar-refractivity contribution in [2.24, 2.45) is 5.92 Å². The molecule has 2 unspecified atom stereocenters. The minimum absolute atomic E-state index is 0.0425. The normalized spacial score (nSPS) is 24.6. The molecule has 1 fully saturated rings. The van der Waals surface area contributed by atoms with E-state index in [1.54, 1.807) is 0 Å². The van der Waals surface area contributed by atoms with Gasteiger partial charge in [-0.15, -0.1) is 0 Å². The molecule has 0 aromatic carbocycles. The third-order valence-electron chi connectivity index (χ3n) is 3.41. The third kappa shape index (κ3) is 4.25. The van der Waals surface area contributed by atoms with Crippen LogP contribution in [-0.2, 0) is 4.79 Å². The van der Waals surface area contributed by atoms with Crippen molar-refractivity contribution in [2.75, 3.05) is 27.2 Å². The molecular weight excluding hydrogens is 226 g/mol. The molecule has 0 radical (unpaired) electrons. The molecule has 0 spiro atoms. The van der Waals surface area contributed by atoms with Gasteiger partial charge in [0.1, 0.15) is 0 Å². The first kappa shape index (κ1) is 15.4. The fourth-order valence-electron chi connectivity index (χ4n) is 2.46. The molecule has 0 aliphatic carbocycles. The summed E-state index contributed by atoms with van der Waals surface area (Å²) in [6.45, 7) is 8.32. The molecule has 0 saturated carbocycles. The SMILES string of the molecule is CCCC1NC(CC(C)C)N(CCN(C)C)C1=O. The van der Waals surface area contributed by atoms with Crippen molar-refractivity contribution in [3.8, 4) is 0 Å². The summed E-state index contributed by atoms with van der Waals surface area (Å²) >= 11 is 0. The highest BCUT2D eigenvalue weighted by molar-refractivity contribution is 5.84. The summed E-state index contributed by atoms with van der Waals surface area (Å²) in [7, 11) is 4.10. The number of nitrogens with zero attached hydrogens (tertiary/aromatic N) is 2. The van der Waals surface area contributed by atoms with Crippen LogP contribution in [0.2, 0.25) is 0 Å². The van der Waals surface area contributed by atoms with E-state index in [-0.39, 0.29) is 12.2 Å². The van der Waals surface area contributed by atoms with Crippen LogP contribution in [0.1, 0.15) is 40.0 Å². The molecule has 18 heavy (non-hydrogen) atoms. The van der Waals surface area contributed by atoms with Gasteiger partial charge in [-0.2, -0.15) is 0 Å². The Morgan fingerprint density at radius 2 is 2.06 bits per heavy atom. The lowest BCUT2D eigenvalue weighted by Crippen LogP contribution is -2.41. The number of hydrogen-bond acceptors (Lipinski definition) is 3. The van der Waals surface area contributed by atoms with Crippen molar-refractivity contribution in [1.82, 2.24) is 15.1 Å². The number of likely N-dealkylation sites (N-methyl/N-ethyl adjacent to an activating group) is 1. The lowest BCUT2D eigenvalue weighted by molar-refractivity contribution is -0.130.